The molecular formula is C21H24N6OS. The zero-order chi connectivity index (χ0) is 20.2. The van der Waals surface area contributed by atoms with Gasteiger partial charge in [0, 0.05) is 23.7 Å². The number of aryl methyl sites for hydroxylation is 1. The molecule has 8 heteroatoms. The molecular weight excluding hydrogens is 384 g/mol. The highest BCUT2D eigenvalue weighted by molar-refractivity contribution is 7.99. The number of nitrogens with zero attached hydrogens (tertiary/aromatic N) is 4. The fourth-order valence-corrected chi connectivity index (χ4v) is 4.32. The van der Waals surface area contributed by atoms with Crippen molar-refractivity contribution in [2.75, 3.05) is 16.8 Å². The Hall–Kier alpha value is -2.87. The lowest BCUT2D eigenvalue weighted by Gasteiger charge is -2.09. The van der Waals surface area contributed by atoms with E-state index < -0.39 is 0 Å². The summed E-state index contributed by atoms with van der Waals surface area (Å²) in [7, 11) is 0. The normalized spacial score (nSPS) is 14.2. The van der Waals surface area contributed by atoms with Crippen molar-refractivity contribution >= 4 is 29.3 Å². The summed E-state index contributed by atoms with van der Waals surface area (Å²) in [6.07, 6.45) is 4.78. The number of anilines is 2. The highest BCUT2D eigenvalue weighted by Gasteiger charge is 2.22. The van der Waals surface area contributed by atoms with Gasteiger partial charge in [0.25, 0.3) is 0 Å². The van der Waals surface area contributed by atoms with E-state index in [1.54, 1.807) is 6.07 Å². The molecule has 0 bridgehead atoms. The molecule has 29 heavy (non-hydrogen) atoms. The molecule has 1 amide bonds. The summed E-state index contributed by atoms with van der Waals surface area (Å²) >= 11 is 1.27. The molecule has 1 fully saturated rings. The minimum atomic E-state index is -0.131. The topological polar surface area (TPSA) is 98.7 Å². The van der Waals surface area contributed by atoms with Crippen molar-refractivity contribution in [3.05, 3.63) is 53.9 Å². The van der Waals surface area contributed by atoms with Gasteiger partial charge in [-0.15, -0.1) is 0 Å². The molecule has 3 N–H and O–H groups in total. The van der Waals surface area contributed by atoms with Crippen LogP contribution in [0.1, 0.15) is 43.0 Å². The molecule has 1 aromatic carbocycles. The van der Waals surface area contributed by atoms with Crippen LogP contribution in [0.2, 0.25) is 0 Å². The summed E-state index contributed by atoms with van der Waals surface area (Å²) in [5, 5.41) is 8.32. The van der Waals surface area contributed by atoms with Gasteiger partial charge >= 0.3 is 0 Å². The number of nitrogens with two attached hydrogens (primary N) is 1. The molecule has 3 aromatic rings. The molecule has 0 unspecified atom stereocenters. The van der Waals surface area contributed by atoms with Crippen molar-refractivity contribution < 1.29 is 4.79 Å². The van der Waals surface area contributed by atoms with Crippen LogP contribution in [0.3, 0.4) is 0 Å². The van der Waals surface area contributed by atoms with Gasteiger partial charge in [-0.25, -0.2) is 14.6 Å². The average molecular weight is 409 g/mol. The summed E-state index contributed by atoms with van der Waals surface area (Å²) in [6.45, 7) is 1.85. The number of hydrogen-bond acceptors (Lipinski definition) is 6. The zero-order valence-corrected chi connectivity index (χ0v) is 17.2. The third-order valence-corrected chi connectivity index (χ3v) is 5.80. The van der Waals surface area contributed by atoms with Crippen LogP contribution >= 0.6 is 11.8 Å². The highest BCUT2D eigenvalue weighted by Crippen LogP contribution is 2.35. The molecule has 0 aliphatic heterocycles. The number of para-hydroxylation sites is 1. The van der Waals surface area contributed by atoms with Crippen molar-refractivity contribution in [3.8, 4) is 5.69 Å². The SMILES string of the molecule is Cc1cc(N)nc(SCC(=O)Nc2cc(C3CCCC3)nn2-c2ccccc2)n1. The van der Waals surface area contributed by atoms with Crippen molar-refractivity contribution in [2.45, 2.75) is 43.7 Å². The van der Waals surface area contributed by atoms with Gasteiger partial charge in [-0.3, -0.25) is 4.79 Å². The second-order valence-corrected chi connectivity index (χ2v) is 8.18. The molecule has 4 rings (SSSR count). The molecule has 0 atom stereocenters. The monoisotopic (exact) mass is 408 g/mol. The van der Waals surface area contributed by atoms with E-state index in [1.165, 1.54) is 24.6 Å². The maximum absolute atomic E-state index is 12.6. The van der Waals surface area contributed by atoms with E-state index in [1.807, 2.05) is 48.0 Å². The van der Waals surface area contributed by atoms with Gasteiger partial charge in [0.1, 0.15) is 11.6 Å². The Morgan fingerprint density at radius 1 is 1.21 bits per heavy atom. The predicted octanol–water partition coefficient (Wildman–Crippen LogP) is 3.94. The number of carbonyl (C=O) groups is 1. The molecule has 0 spiro atoms. The largest absolute Gasteiger partial charge is 0.384 e. The number of carbonyl (C=O) groups excluding carboxylic acids is 1. The summed E-state index contributed by atoms with van der Waals surface area (Å²) in [5.74, 6) is 1.63. The number of rotatable bonds is 6. The van der Waals surface area contributed by atoms with Crippen LogP contribution in [0.25, 0.3) is 5.69 Å². The molecule has 0 radical (unpaired) electrons. The maximum atomic E-state index is 12.6. The molecule has 2 aromatic heterocycles. The zero-order valence-electron chi connectivity index (χ0n) is 16.3. The molecule has 1 aliphatic carbocycles. The van der Waals surface area contributed by atoms with E-state index in [2.05, 4.69) is 15.3 Å². The Balaban J connectivity index is 1.51. The molecule has 7 nitrogen and oxygen atoms in total. The molecule has 150 valence electrons. The number of thioether (sulfide) groups is 1. The van der Waals surface area contributed by atoms with Crippen molar-refractivity contribution in [2.24, 2.45) is 0 Å². The summed E-state index contributed by atoms with van der Waals surface area (Å²) in [4.78, 5) is 21.1. The first-order valence-corrected chi connectivity index (χ1v) is 10.8. The molecule has 0 saturated heterocycles. The molecule has 2 heterocycles. The van der Waals surface area contributed by atoms with Gasteiger partial charge in [-0.1, -0.05) is 42.8 Å². The van der Waals surface area contributed by atoms with E-state index in [4.69, 9.17) is 10.8 Å². The van der Waals surface area contributed by atoms with Crippen LogP contribution in [0.4, 0.5) is 11.6 Å². The number of aromatic nitrogens is 4. The highest BCUT2D eigenvalue weighted by atomic mass is 32.2. The third kappa shape index (κ3) is 4.76. The number of hydrogen-bond donors (Lipinski definition) is 2. The van der Waals surface area contributed by atoms with E-state index >= 15 is 0 Å². The second kappa shape index (κ2) is 8.65. The Morgan fingerprint density at radius 2 is 1.97 bits per heavy atom. The van der Waals surface area contributed by atoms with Crippen LogP contribution < -0.4 is 11.1 Å². The van der Waals surface area contributed by atoms with Crippen LogP contribution in [0.15, 0.2) is 47.6 Å². The lowest BCUT2D eigenvalue weighted by molar-refractivity contribution is -0.113. The summed E-state index contributed by atoms with van der Waals surface area (Å²) in [5.41, 5.74) is 8.51. The van der Waals surface area contributed by atoms with Gasteiger partial charge in [-0.05, 0) is 31.9 Å². The predicted molar refractivity (Wildman–Crippen MR) is 115 cm³/mol. The first-order valence-electron chi connectivity index (χ1n) is 9.77. The van der Waals surface area contributed by atoms with Crippen molar-refractivity contribution in [3.63, 3.8) is 0 Å². The molecule has 1 aliphatic rings. The standard InChI is InChI=1S/C21H24N6OS/c1-14-11-18(22)24-21(23-14)29-13-20(28)25-19-12-17(15-7-5-6-8-15)26-27(19)16-9-3-2-4-10-16/h2-4,9-12,15H,5-8,13H2,1H3,(H,25,28)(H2,22,23,24). The quantitative estimate of drug-likeness (QED) is 0.473. The smallest absolute Gasteiger partial charge is 0.236 e. The average Bonchev–Trinajstić information content (AvgIpc) is 3.36. The number of nitrogen functional groups attached to an aromatic ring is 1. The minimum absolute atomic E-state index is 0.131. The van der Waals surface area contributed by atoms with Gasteiger partial charge in [-0.2, -0.15) is 5.10 Å². The van der Waals surface area contributed by atoms with Crippen LogP contribution in [0, 0.1) is 6.92 Å². The van der Waals surface area contributed by atoms with Crippen LogP contribution in [-0.2, 0) is 4.79 Å². The molecule has 1 saturated carbocycles. The van der Waals surface area contributed by atoms with Crippen LogP contribution in [-0.4, -0.2) is 31.4 Å². The fourth-order valence-electron chi connectivity index (χ4n) is 3.61. The van der Waals surface area contributed by atoms with Crippen LogP contribution in [0.5, 0.6) is 0 Å². The fraction of sp³-hybridized carbons (Fsp3) is 0.333. The first-order chi connectivity index (χ1) is 14.1. The summed E-state index contributed by atoms with van der Waals surface area (Å²) < 4.78 is 1.82. The third-order valence-electron chi connectivity index (χ3n) is 4.96. The first kappa shape index (κ1) is 19.4. The lowest BCUT2D eigenvalue weighted by Crippen LogP contribution is -2.17. The second-order valence-electron chi connectivity index (χ2n) is 7.24. The van der Waals surface area contributed by atoms with Crippen molar-refractivity contribution in [1.29, 1.82) is 0 Å². The Morgan fingerprint density at radius 3 is 2.69 bits per heavy atom. The maximum Gasteiger partial charge on any atom is 0.236 e. The van der Waals surface area contributed by atoms with Gasteiger partial charge in [0.05, 0.1) is 17.1 Å². The van der Waals surface area contributed by atoms with Gasteiger partial charge in [0.15, 0.2) is 5.16 Å². The number of benzene rings is 1. The Bertz CT molecular complexity index is 977. The summed E-state index contributed by atoms with van der Waals surface area (Å²) in [6, 6.07) is 13.6. The Kier molecular flexibility index (Phi) is 5.80. The van der Waals surface area contributed by atoms with Gasteiger partial charge in [0.2, 0.25) is 5.91 Å². The Labute approximate surface area is 174 Å². The van der Waals surface area contributed by atoms with Crippen molar-refractivity contribution in [1.82, 2.24) is 19.7 Å². The van der Waals surface area contributed by atoms with E-state index in [-0.39, 0.29) is 11.7 Å². The van der Waals surface area contributed by atoms with E-state index in [0.29, 0.717) is 22.7 Å². The van der Waals surface area contributed by atoms with E-state index in [9.17, 15) is 4.79 Å². The van der Waals surface area contributed by atoms with Gasteiger partial charge < -0.3 is 11.1 Å². The number of nitrogens with one attached hydrogen (secondary N) is 1. The number of amides is 1. The van der Waals surface area contributed by atoms with E-state index in [0.717, 1.165) is 29.9 Å². The lowest BCUT2D eigenvalue weighted by atomic mass is 10.0. The minimum Gasteiger partial charge on any atom is -0.384 e.